The second-order valence-corrected chi connectivity index (χ2v) is 4.66. The van der Waals surface area contributed by atoms with Crippen LogP contribution in [0.25, 0.3) is 0 Å². The van der Waals surface area contributed by atoms with Crippen LogP contribution in [0.15, 0.2) is 18.2 Å². The summed E-state index contributed by atoms with van der Waals surface area (Å²) < 4.78 is 0. The summed E-state index contributed by atoms with van der Waals surface area (Å²) in [7, 11) is 0. The quantitative estimate of drug-likeness (QED) is 0.782. The number of rotatable bonds is 6. The van der Waals surface area contributed by atoms with Crippen LogP contribution >= 0.6 is 23.2 Å². The first kappa shape index (κ1) is 14.3. The van der Waals surface area contributed by atoms with Crippen LogP contribution in [0.3, 0.4) is 0 Å². The molecule has 94 valence electrons. The summed E-state index contributed by atoms with van der Waals surface area (Å²) in [5, 5.41) is 12.8. The van der Waals surface area contributed by atoms with Crippen molar-refractivity contribution in [2.45, 2.75) is 25.8 Å². The maximum absolute atomic E-state index is 10.3. The van der Waals surface area contributed by atoms with E-state index in [-0.39, 0.29) is 12.5 Å². The molecule has 0 saturated heterocycles. The molecule has 3 nitrogen and oxygen atoms in total. The number of carbonyl (C=O) groups is 1. The molecule has 1 aromatic carbocycles. The Morgan fingerprint density at radius 3 is 2.71 bits per heavy atom. The van der Waals surface area contributed by atoms with Gasteiger partial charge in [-0.15, -0.1) is 0 Å². The van der Waals surface area contributed by atoms with E-state index in [1.165, 1.54) is 0 Å². The predicted octanol–water partition coefficient (Wildman–Crippen LogP) is 3.51. The van der Waals surface area contributed by atoms with E-state index in [0.29, 0.717) is 23.0 Å². The predicted molar refractivity (Wildman–Crippen MR) is 69.7 cm³/mol. The monoisotopic (exact) mass is 275 g/mol. The van der Waals surface area contributed by atoms with Crippen LogP contribution in [0.4, 0.5) is 0 Å². The Balaban J connectivity index is 2.44. The Bertz CT molecular complexity index is 396. The van der Waals surface area contributed by atoms with E-state index in [9.17, 15) is 4.79 Å². The largest absolute Gasteiger partial charge is 0.481 e. The fourth-order valence-electron chi connectivity index (χ4n) is 1.46. The summed E-state index contributed by atoms with van der Waals surface area (Å²) in [6.07, 6.45) is 0.794. The van der Waals surface area contributed by atoms with Crippen molar-refractivity contribution in [2.24, 2.45) is 0 Å². The van der Waals surface area contributed by atoms with Gasteiger partial charge < -0.3 is 10.4 Å². The van der Waals surface area contributed by atoms with Crippen LogP contribution in [0.1, 0.15) is 31.4 Å². The Kier molecular flexibility index (Phi) is 5.75. The second kappa shape index (κ2) is 6.84. The molecule has 0 radical (unpaired) electrons. The van der Waals surface area contributed by atoms with Crippen LogP contribution in [0.2, 0.25) is 10.0 Å². The number of aliphatic carboxylic acids is 1. The normalized spacial score (nSPS) is 12.4. The van der Waals surface area contributed by atoms with E-state index in [1.807, 2.05) is 19.1 Å². The molecule has 0 aliphatic carbocycles. The molecule has 1 rings (SSSR count). The fraction of sp³-hybridized carbons (Fsp3) is 0.417. The first-order chi connectivity index (χ1) is 8.00. The topological polar surface area (TPSA) is 49.3 Å². The molecule has 0 aliphatic heterocycles. The average molecular weight is 276 g/mol. The fourth-order valence-corrected chi connectivity index (χ4v) is 1.76. The molecule has 1 aromatic rings. The number of hydrogen-bond donors (Lipinski definition) is 2. The third-order valence-electron chi connectivity index (χ3n) is 2.46. The Morgan fingerprint density at radius 1 is 1.41 bits per heavy atom. The van der Waals surface area contributed by atoms with Crippen molar-refractivity contribution in [1.82, 2.24) is 5.32 Å². The minimum Gasteiger partial charge on any atom is -0.481 e. The van der Waals surface area contributed by atoms with Crippen LogP contribution in [0.5, 0.6) is 0 Å². The smallest absolute Gasteiger partial charge is 0.303 e. The summed E-state index contributed by atoms with van der Waals surface area (Å²) in [5.41, 5.74) is 1.04. The van der Waals surface area contributed by atoms with Gasteiger partial charge in [-0.25, -0.2) is 0 Å². The van der Waals surface area contributed by atoms with Crippen LogP contribution < -0.4 is 5.32 Å². The summed E-state index contributed by atoms with van der Waals surface area (Å²) in [5.74, 6) is -0.769. The molecular formula is C12H15Cl2NO2. The van der Waals surface area contributed by atoms with E-state index in [1.54, 1.807) is 6.07 Å². The molecule has 0 amide bonds. The minimum absolute atomic E-state index is 0.124. The van der Waals surface area contributed by atoms with Crippen molar-refractivity contribution in [1.29, 1.82) is 0 Å². The van der Waals surface area contributed by atoms with Gasteiger partial charge >= 0.3 is 5.97 Å². The van der Waals surface area contributed by atoms with E-state index in [4.69, 9.17) is 28.3 Å². The summed E-state index contributed by atoms with van der Waals surface area (Å²) in [6.45, 7) is 2.66. The first-order valence-corrected chi connectivity index (χ1v) is 6.16. The van der Waals surface area contributed by atoms with Crippen molar-refractivity contribution in [2.75, 3.05) is 6.54 Å². The molecule has 0 bridgehead atoms. The van der Waals surface area contributed by atoms with Crippen molar-refractivity contribution >= 4 is 29.2 Å². The van der Waals surface area contributed by atoms with Gasteiger partial charge in [0.25, 0.3) is 0 Å². The molecule has 5 heteroatoms. The molecular weight excluding hydrogens is 261 g/mol. The molecule has 1 atom stereocenters. The maximum Gasteiger partial charge on any atom is 0.303 e. The first-order valence-electron chi connectivity index (χ1n) is 5.41. The number of benzene rings is 1. The van der Waals surface area contributed by atoms with Gasteiger partial charge in [-0.05, 0) is 37.6 Å². The molecule has 0 spiro atoms. The third-order valence-corrected chi connectivity index (χ3v) is 3.20. The van der Waals surface area contributed by atoms with Crippen LogP contribution in [0, 0.1) is 0 Å². The van der Waals surface area contributed by atoms with E-state index < -0.39 is 5.97 Å². The number of hydrogen-bond acceptors (Lipinski definition) is 2. The molecule has 0 heterocycles. The van der Waals surface area contributed by atoms with Gasteiger partial charge in [0.2, 0.25) is 0 Å². The lowest BCUT2D eigenvalue weighted by Crippen LogP contribution is -2.20. The van der Waals surface area contributed by atoms with Gasteiger partial charge in [0.15, 0.2) is 0 Å². The molecule has 2 N–H and O–H groups in total. The van der Waals surface area contributed by atoms with Gasteiger partial charge in [0.05, 0.1) is 10.0 Å². The zero-order valence-corrected chi connectivity index (χ0v) is 11.1. The summed E-state index contributed by atoms with van der Waals surface area (Å²) in [6, 6.07) is 5.61. The van der Waals surface area contributed by atoms with Gasteiger partial charge in [-0.3, -0.25) is 4.79 Å². The van der Waals surface area contributed by atoms with E-state index >= 15 is 0 Å². The summed E-state index contributed by atoms with van der Waals surface area (Å²) in [4.78, 5) is 10.3. The highest BCUT2D eigenvalue weighted by Crippen LogP contribution is 2.25. The van der Waals surface area contributed by atoms with Gasteiger partial charge in [-0.1, -0.05) is 29.3 Å². The van der Waals surface area contributed by atoms with E-state index in [2.05, 4.69) is 5.32 Å². The van der Waals surface area contributed by atoms with Gasteiger partial charge in [-0.2, -0.15) is 0 Å². The van der Waals surface area contributed by atoms with Gasteiger partial charge in [0, 0.05) is 12.5 Å². The second-order valence-electron chi connectivity index (χ2n) is 3.85. The molecule has 1 unspecified atom stereocenters. The Labute approximate surface area is 111 Å². The highest BCUT2D eigenvalue weighted by atomic mass is 35.5. The lowest BCUT2D eigenvalue weighted by atomic mass is 10.1. The number of halogens is 2. The van der Waals surface area contributed by atoms with Crippen molar-refractivity contribution in [3.63, 3.8) is 0 Å². The highest BCUT2D eigenvalue weighted by Gasteiger charge is 2.07. The molecule has 0 fully saturated rings. The minimum atomic E-state index is -0.769. The maximum atomic E-state index is 10.3. The van der Waals surface area contributed by atoms with Crippen LogP contribution in [-0.4, -0.2) is 17.6 Å². The van der Waals surface area contributed by atoms with Crippen molar-refractivity contribution < 1.29 is 9.90 Å². The highest BCUT2D eigenvalue weighted by molar-refractivity contribution is 6.42. The van der Waals surface area contributed by atoms with Crippen molar-refractivity contribution in [3.8, 4) is 0 Å². The average Bonchev–Trinajstić information content (AvgIpc) is 2.27. The number of carboxylic acids is 1. The van der Waals surface area contributed by atoms with Crippen molar-refractivity contribution in [3.05, 3.63) is 33.8 Å². The van der Waals surface area contributed by atoms with Crippen LogP contribution in [-0.2, 0) is 4.79 Å². The number of nitrogens with one attached hydrogen (secondary N) is 1. The summed E-state index contributed by atoms with van der Waals surface area (Å²) >= 11 is 11.8. The SMILES string of the molecule is CC(NCCCC(=O)O)c1ccc(Cl)c(Cl)c1. The zero-order chi connectivity index (χ0) is 12.8. The Hall–Kier alpha value is -0.770. The molecule has 0 aliphatic rings. The Morgan fingerprint density at radius 2 is 2.12 bits per heavy atom. The lowest BCUT2D eigenvalue weighted by Gasteiger charge is -2.14. The molecule has 17 heavy (non-hydrogen) atoms. The third kappa shape index (κ3) is 4.94. The molecule has 0 saturated carbocycles. The zero-order valence-electron chi connectivity index (χ0n) is 9.54. The van der Waals surface area contributed by atoms with Gasteiger partial charge in [0.1, 0.15) is 0 Å². The standard InChI is InChI=1S/C12H15Cl2NO2/c1-8(15-6-2-3-12(16)17)9-4-5-10(13)11(14)7-9/h4-5,7-8,15H,2-3,6H2,1H3,(H,16,17). The van der Waals surface area contributed by atoms with E-state index in [0.717, 1.165) is 5.56 Å². The lowest BCUT2D eigenvalue weighted by molar-refractivity contribution is -0.137. The number of carboxylic acid groups (broad SMARTS) is 1. The molecule has 0 aromatic heterocycles.